The molecule has 0 fully saturated rings. The van der Waals surface area contributed by atoms with Gasteiger partial charge < -0.3 is 4.43 Å². The highest BCUT2D eigenvalue weighted by Crippen LogP contribution is 1.95. The van der Waals surface area contributed by atoms with Crippen molar-refractivity contribution in [3.8, 4) is 0 Å². The van der Waals surface area contributed by atoms with Crippen LogP contribution in [0.25, 0.3) is 0 Å². The largest absolute Gasteiger partial charge is 0.420 e. The predicted molar refractivity (Wildman–Crippen MR) is 44.4 cm³/mol. The first-order valence-electron chi connectivity index (χ1n) is 3.92. The Kier molecular flexibility index (Phi) is 6.42. The van der Waals surface area contributed by atoms with E-state index in [1.54, 1.807) is 0 Å². The highest BCUT2D eigenvalue weighted by atomic mass is 28.3. The maximum absolute atomic E-state index is 5.57. The summed E-state index contributed by atoms with van der Waals surface area (Å²) in [4.78, 5) is 0. The lowest BCUT2D eigenvalue weighted by Crippen LogP contribution is -2.11. The molecule has 0 rings (SSSR count). The molecular formula is C7H18OSi. The summed E-state index contributed by atoms with van der Waals surface area (Å²) in [6, 6.07) is 1.27. The maximum atomic E-state index is 5.57. The summed E-state index contributed by atoms with van der Waals surface area (Å²) in [5.74, 6) is 0. The van der Waals surface area contributed by atoms with Crippen molar-refractivity contribution in [1.29, 1.82) is 0 Å². The standard InChI is InChI=1S/C7H18OSi/c1-4-6-7-8-9(3)5-2/h9H,4-7H2,1-3H3. The third-order valence-electron chi connectivity index (χ3n) is 1.48. The van der Waals surface area contributed by atoms with Gasteiger partial charge in [-0.1, -0.05) is 20.3 Å². The molecule has 0 saturated heterocycles. The van der Waals surface area contributed by atoms with E-state index in [0.29, 0.717) is 0 Å². The van der Waals surface area contributed by atoms with E-state index in [4.69, 9.17) is 4.43 Å². The zero-order chi connectivity index (χ0) is 7.11. The van der Waals surface area contributed by atoms with Crippen molar-refractivity contribution >= 4 is 9.04 Å². The molecule has 0 heterocycles. The van der Waals surface area contributed by atoms with Gasteiger partial charge in [0, 0.05) is 6.61 Å². The molecule has 1 atom stereocenters. The fourth-order valence-corrected chi connectivity index (χ4v) is 1.35. The van der Waals surface area contributed by atoms with Gasteiger partial charge in [-0.25, -0.2) is 0 Å². The van der Waals surface area contributed by atoms with Gasteiger partial charge in [-0.15, -0.1) is 0 Å². The Morgan fingerprint density at radius 3 is 2.44 bits per heavy atom. The van der Waals surface area contributed by atoms with Crippen LogP contribution < -0.4 is 0 Å². The Morgan fingerprint density at radius 2 is 2.00 bits per heavy atom. The number of hydrogen-bond acceptors (Lipinski definition) is 1. The third kappa shape index (κ3) is 6.06. The van der Waals surface area contributed by atoms with Gasteiger partial charge in [-0.3, -0.25) is 0 Å². The van der Waals surface area contributed by atoms with Crippen LogP contribution in [0.3, 0.4) is 0 Å². The lowest BCUT2D eigenvalue weighted by molar-refractivity contribution is 0.314. The Labute approximate surface area is 60.1 Å². The molecule has 1 unspecified atom stereocenters. The molecule has 56 valence electrons. The van der Waals surface area contributed by atoms with Crippen LogP contribution in [-0.4, -0.2) is 15.6 Å². The highest BCUT2D eigenvalue weighted by Gasteiger charge is 1.97. The van der Waals surface area contributed by atoms with Crippen molar-refractivity contribution < 1.29 is 4.43 Å². The van der Waals surface area contributed by atoms with Gasteiger partial charge in [0.05, 0.1) is 0 Å². The van der Waals surface area contributed by atoms with Gasteiger partial charge in [0.25, 0.3) is 0 Å². The zero-order valence-corrected chi connectivity index (χ0v) is 7.97. The minimum Gasteiger partial charge on any atom is -0.420 e. The summed E-state index contributed by atoms with van der Waals surface area (Å²) in [6.07, 6.45) is 2.49. The van der Waals surface area contributed by atoms with Gasteiger partial charge in [0.1, 0.15) is 0 Å². The van der Waals surface area contributed by atoms with Crippen molar-refractivity contribution in [3.05, 3.63) is 0 Å². The zero-order valence-electron chi connectivity index (χ0n) is 6.81. The van der Waals surface area contributed by atoms with Crippen LogP contribution in [0.2, 0.25) is 12.6 Å². The molecule has 0 aromatic carbocycles. The maximum Gasteiger partial charge on any atom is 0.173 e. The smallest absolute Gasteiger partial charge is 0.173 e. The molecule has 0 bridgehead atoms. The van der Waals surface area contributed by atoms with Crippen LogP contribution in [0.1, 0.15) is 26.7 Å². The van der Waals surface area contributed by atoms with E-state index in [0.717, 1.165) is 6.61 Å². The van der Waals surface area contributed by atoms with E-state index in [1.165, 1.54) is 18.9 Å². The molecule has 0 radical (unpaired) electrons. The molecule has 0 aliphatic heterocycles. The summed E-state index contributed by atoms with van der Waals surface area (Å²) in [5, 5.41) is 0. The summed E-state index contributed by atoms with van der Waals surface area (Å²) in [6.45, 7) is 7.66. The van der Waals surface area contributed by atoms with Crippen LogP contribution in [0.4, 0.5) is 0 Å². The Hall–Kier alpha value is 0.177. The molecule has 2 heteroatoms. The molecule has 9 heavy (non-hydrogen) atoms. The average molecular weight is 146 g/mol. The average Bonchev–Trinajstić information content (AvgIpc) is 1.89. The Morgan fingerprint density at radius 1 is 1.33 bits per heavy atom. The molecule has 0 aliphatic carbocycles. The monoisotopic (exact) mass is 146 g/mol. The Balaban J connectivity index is 2.88. The van der Waals surface area contributed by atoms with E-state index in [-0.39, 0.29) is 0 Å². The summed E-state index contributed by atoms with van der Waals surface area (Å²) in [7, 11) is -0.713. The second kappa shape index (κ2) is 6.30. The van der Waals surface area contributed by atoms with E-state index < -0.39 is 9.04 Å². The first-order chi connectivity index (χ1) is 4.31. The van der Waals surface area contributed by atoms with Gasteiger partial charge in [-0.2, -0.15) is 0 Å². The quantitative estimate of drug-likeness (QED) is 0.427. The van der Waals surface area contributed by atoms with Crippen molar-refractivity contribution in [1.82, 2.24) is 0 Å². The SMILES string of the molecule is CCCCO[SiH](C)CC. The van der Waals surface area contributed by atoms with Gasteiger partial charge >= 0.3 is 0 Å². The van der Waals surface area contributed by atoms with E-state index in [1.807, 2.05) is 0 Å². The molecule has 0 spiro atoms. The van der Waals surface area contributed by atoms with Crippen LogP contribution in [0.5, 0.6) is 0 Å². The molecular weight excluding hydrogens is 128 g/mol. The molecule has 0 aromatic heterocycles. The van der Waals surface area contributed by atoms with Crippen molar-refractivity contribution in [2.24, 2.45) is 0 Å². The highest BCUT2D eigenvalue weighted by molar-refractivity contribution is 6.49. The molecule has 1 nitrogen and oxygen atoms in total. The number of unbranched alkanes of at least 4 members (excludes halogenated alkanes) is 1. The second-order valence-corrected chi connectivity index (χ2v) is 5.21. The van der Waals surface area contributed by atoms with Crippen molar-refractivity contribution in [2.75, 3.05) is 6.61 Å². The van der Waals surface area contributed by atoms with Crippen LogP contribution in [0, 0.1) is 0 Å². The fourth-order valence-electron chi connectivity index (χ4n) is 0.547. The Bertz CT molecular complexity index is 56.9. The molecule has 0 aromatic rings. The van der Waals surface area contributed by atoms with E-state index >= 15 is 0 Å². The van der Waals surface area contributed by atoms with E-state index in [2.05, 4.69) is 20.4 Å². The summed E-state index contributed by atoms with van der Waals surface area (Å²) < 4.78 is 5.57. The van der Waals surface area contributed by atoms with Crippen LogP contribution >= 0.6 is 0 Å². The molecule has 0 aliphatic rings. The topological polar surface area (TPSA) is 9.23 Å². The lowest BCUT2D eigenvalue weighted by Gasteiger charge is -2.07. The number of rotatable bonds is 5. The molecule has 0 N–H and O–H groups in total. The minimum atomic E-state index is -0.713. The third-order valence-corrected chi connectivity index (χ3v) is 3.43. The molecule has 0 amide bonds. The van der Waals surface area contributed by atoms with Gasteiger partial charge in [0.2, 0.25) is 0 Å². The lowest BCUT2D eigenvalue weighted by atomic mass is 10.4. The second-order valence-electron chi connectivity index (χ2n) is 2.44. The minimum absolute atomic E-state index is 0.713. The van der Waals surface area contributed by atoms with Gasteiger partial charge in [0.15, 0.2) is 9.04 Å². The van der Waals surface area contributed by atoms with Crippen molar-refractivity contribution in [2.45, 2.75) is 39.3 Å². The first-order valence-corrected chi connectivity index (χ1v) is 6.37. The van der Waals surface area contributed by atoms with Crippen molar-refractivity contribution in [3.63, 3.8) is 0 Å². The normalized spacial score (nSPS) is 13.7. The number of hydrogen-bond donors (Lipinski definition) is 0. The van der Waals surface area contributed by atoms with Crippen LogP contribution in [-0.2, 0) is 4.43 Å². The first kappa shape index (κ1) is 9.18. The van der Waals surface area contributed by atoms with E-state index in [9.17, 15) is 0 Å². The van der Waals surface area contributed by atoms with Crippen LogP contribution in [0.15, 0.2) is 0 Å². The summed E-state index contributed by atoms with van der Waals surface area (Å²) in [5.41, 5.74) is 0. The fraction of sp³-hybridized carbons (Fsp3) is 1.00. The molecule has 0 saturated carbocycles. The predicted octanol–water partition coefficient (Wildman–Crippen LogP) is 2.18. The summed E-state index contributed by atoms with van der Waals surface area (Å²) >= 11 is 0. The van der Waals surface area contributed by atoms with Gasteiger partial charge in [-0.05, 0) is 19.0 Å².